The molecule has 1 rings (SSSR count). The second kappa shape index (κ2) is 7.41. The number of amides is 1. The molecule has 1 aromatic rings. The van der Waals surface area contributed by atoms with Crippen molar-refractivity contribution < 1.29 is 19.2 Å². The third-order valence-electron chi connectivity index (χ3n) is 2.83. The van der Waals surface area contributed by atoms with Gasteiger partial charge in [0.15, 0.2) is 0 Å². The number of hydrogen-bond acceptors (Lipinski definition) is 5. The van der Waals surface area contributed by atoms with Crippen molar-refractivity contribution in [1.29, 1.82) is 0 Å². The topological polar surface area (TPSA) is 94.7 Å². The summed E-state index contributed by atoms with van der Waals surface area (Å²) in [6, 6.07) is 1.20. The van der Waals surface area contributed by atoms with Crippen LogP contribution in [0.3, 0.4) is 0 Å². The van der Waals surface area contributed by atoms with E-state index in [-0.39, 0.29) is 24.5 Å². The van der Waals surface area contributed by atoms with Gasteiger partial charge < -0.3 is 14.2 Å². The lowest BCUT2D eigenvalue weighted by Gasteiger charge is -2.21. The highest BCUT2D eigenvalue weighted by molar-refractivity contribution is 5.95. The molecule has 8 heteroatoms. The Morgan fingerprint density at radius 2 is 2.10 bits per heavy atom. The van der Waals surface area contributed by atoms with Crippen LogP contribution in [0.1, 0.15) is 30.8 Å². The summed E-state index contributed by atoms with van der Waals surface area (Å²) in [4.78, 5) is 35.4. The summed E-state index contributed by atoms with van der Waals surface area (Å²) in [5, 5.41) is 10.7. The van der Waals surface area contributed by atoms with Crippen molar-refractivity contribution in [2.75, 3.05) is 19.7 Å². The molecule has 0 N–H and O–H groups in total. The molecule has 0 radical (unpaired) electrons. The molecule has 116 valence electrons. The number of carbonyl (C=O) groups excluding carboxylic acids is 2. The lowest BCUT2D eigenvalue weighted by Crippen LogP contribution is -2.37. The molecule has 1 aromatic heterocycles. The van der Waals surface area contributed by atoms with Gasteiger partial charge in [0, 0.05) is 19.7 Å². The minimum absolute atomic E-state index is 0.159. The molecular weight excluding hydrogens is 278 g/mol. The van der Waals surface area contributed by atoms with Gasteiger partial charge in [0.25, 0.3) is 11.6 Å². The van der Waals surface area contributed by atoms with E-state index in [9.17, 15) is 19.7 Å². The van der Waals surface area contributed by atoms with E-state index >= 15 is 0 Å². The van der Waals surface area contributed by atoms with E-state index in [4.69, 9.17) is 4.74 Å². The van der Waals surface area contributed by atoms with E-state index in [2.05, 4.69) is 0 Å². The van der Waals surface area contributed by atoms with E-state index in [0.717, 1.165) is 0 Å². The van der Waals surface area contributed by atoms with E-state index in [1.54, 1.807) is 14.0 Å². The standard InChI is InChI=1S/C13H19N3O5/c1-4-6-15(9-12(17)21-5-2)13(18)11-7-10(16(19)20)8-14(11)3/h7-8H,4-6,9H2,1-3H3. The van der Waals surface area contributed by atoms with Gasteiger partial charge in [0.1, 0.15) is 12.2 Å². The van der Waals surface area contributed by atoms with Crippen molar-refractivity contribution >= 4 is 17.6 Å². The Bertz CT molecular complexity index is 538. The summed E-state index contributed by atoms with van der Waals surface area (Å²) in [6.07, 6.45) is 1.93. The van der Waals surface area contributed by atoms with Crippen molar-refractivity contribution in [2.45, 2.75) is 20.3 Å². The highest BCUT2D eigenvalue weighted by Crippen LogP contribution is 2.17. The number of hydrogen-bond donors (Lipinski definition) is 0. The maximum atomic E-state index is 12.4. The van der Waals surface area contributed by atoms with Gasteiger partial charge in [-0.15, -0.1) is 0 Å². The molecule has 1 amide bonds. The molecule has 0 atom stereocenters. The lowest BCUT2D eigenvalue weighted by atomic mass is 10.3. The third kappa shape index (κ3) is 4.30. The van der Waals surface area contributed by atoms with Crippen molar-refractivity contribution in [2.24, 2.45) is 7.05 Å². The number of nitrogens with zero attached hydrogens (tertiary/aromatic N) is 3. The van der Waals surface area contributed by atoms with Crippen LogP contribution in [0, 0.1) is 10.1 Å². The second-order valence-corrected chi connectivity index (χ2v) is 4.48. The zero-order valence-corrected chi connectivity index (χ0v) is 12.4. The van der Waals surface area contributed by atoms with E-state index in [1.807, 2.05) is 6.92 Å². The maximum absolute atomic E-state index is 12.4. The van der Waals surface area contributed by atoms with Gasteiger partial charge in [-0.05, 0) is 13.3 Å². The van der Waals surface area contributed by atoms with E-state index < -0.39 is 16.8 Å². The molecular formula is C13H19N3O5. The van der Waals surface area contributed by atoms with E-state index in [1.165, 1.54) is 21.7 Å². The number of esters is 1. The molecule has 0 fully saturated rings. The first-order valence-electron chi connectivity index (χ1n) is 6.66. The fourth-order valence-electron chi connectivity index (χ4n) is 1.91. The molecule has 8 nitrogen and oxygen atoms in total. The maximum Gasteiger partial charge on any atom is 0.325 e. The Hall–Kier alpha value is -2.38. The molecule has 0 aliphatic heterocycles. The molecule has 21 heavy (non-hydrogen) atoms. The second-order valence-electron chi connectivity index (χ2n) is 4.48. The first-order valence-corrected chi connectivity index (χ1v) is 6.66. The van der Waals surface area contributed by atoms with Gasteiger partial charge in [-0.3, -0.25) is 19.7 Å². The van der Waals surface area contributed by atoms with Crippen LogP contribution in [0.15, 0.2) is 12.3 Å². The number of rotatable bonds is 7. The first-order chi connectivity index (χ1) is 9.90. The molecule has 0 aliphatic rings. The quantitative estimate of drug-likeness (QED) is 0.430. The highest BCUT2D eigenvalue weighted by atomic mass is 16.6. The smallest absolute Gasteiger partial charge is 0.325 e. The molecule has 0 aliphatic carbocycles. The van der Waals surface area contributed by atoms with Gasteiger partial charge in [-0.25, -0.2) is 0 Å². The molecule has 0 saturated carbocycles. The fraction of sp³-hybridized carbons (Fsp3) is 0.538. The average Bonchev–Trinajstić information content (AvgIpc) is 2.80. The van der Waals surface area contributed by atoms with Crippen LogP contribution in [-0.4, -0.2) is 46.0 Å². The van der Waals surface area contributed by atoms with Gasteiger partial charge >= 0.3 is 5.97 Å². The predicted molar refractivity (Wildman–Crippen MR) is 74.9 cm³/mol. The Morgan fingerprint density at radius 3 is 2.57 bits per heavy atom. The van der Waals surface area contributed by atoms with Crippen molar-refractivity contribution in [3.63, 3.8) is 0 Å². The monoisotopic (exact) mass is 297 g/mol. The summed E-state index contributed by atoms with van der Waals surface area (Å²) in [5.41, 5.74) is 0.00730. The van der Waals surface area contributed by atoms with Gasteiger partial charge in [0.2, 0.25) is 0 Å². The summed E-state index contributed by atoms with van der Waals surface area (Å²) in [5.74, 6) is -0.927. The number of aromatic nitrogens is 1. The summed E-state index contributed by atoms with van der Waals surface area (Å²) in [6.45, 7) is 4.00. The molecule has 0 aromatic carbocycles. The van der Waals surface area contributed by atoms with Crippen LogP contribution in [0.2, 0.25) is 0 Å². The highest BCUT2D eigenvalue weighted by Gasteiger charge is 2.24. The summed E-state index contributed by atoms with van der Waals surface area (Å²) in [7, 11) is 1.55. The predicted octanol–water partition coefficient (Wildman–Crippen LogP) is 1.35. The Morgan fingerprint density at radius 1 is 1.43 bits per heavy atom. The van der Waals surface area contributed by atoms with E-state index in [0.29, 0.717) is 13.0 Å². The summed E-state index contributed by atoms with van der Waals surface area (Å²) >= 11 is 0. The zero-order valence-electron chi connectivity index (χ0n) is 12.4. The number of ether oxygens (including phenoxy) is 1. The van der Waals surface area contributed by atoms with Crippen molar-refractivity contribution in [1.82, 2.24) is 9.47 Å². The van der Waals surface area contributed by atoms with Crippen LogP contribution >= 0.6 is 0 Å². The number of carbonyl (C=O) groups is 2. The normalized spacial score (nSPS) is 10.2. The largest absolute Gasteiger partial charge is 0.465 e. The van der Waals surface area contributed by atoms with Gasteiger partial charge in [0.05, 0.1) is 17.7 Å². The zero-order chi connectivity index (χ0) is 16.0. The molecule has 0 unspecified atom stereocenters. The average molecular weight is 297 g/mol. The van der Waals surface area contributed by atoms with Gasteiger partial charge in [-0.2, -0.15) is 0 Å². The van der Waals surface area contributed by atoms with Gasteiger partial charge in [-0.1, -0.05) is 6.92 Å². The molecule has 0 spiro atoms. The minimum Gasteiger partial charge on any atom is -0.465 e. The third-order valence-corrected chi connectivity index (χ3v) is 2.83. The Balaban J connectivity index is 2.94. The Kier molecular flexibility index (Phi) is 5.89. The van der Waals surface area contributed by atoms with Crippen LogP contribution in [0.25, 0.3) is 0 Å². The van der Waals surface area contributed by atoms with Crippen molar-refractivity contribution in [3.05, 3.63) is 28.1 Å². The Labute approximate surface area is 122 Å². The van der Waals surface area contributed by atoms with Crippen LogP contribution < -0.4 is 0 Å². The summed E-state index contributed by atoms with van der Waals surface area (Å²) < 4.78 is 6.21. The SMILES string of the molecule is CCCN(CC(=O)OCC)C(=O)c1cc([N+](=O)[O-])cn1C. The number of aryl methyl sites for hydroxylation is 1. The van der Waals surface area contributed by atoms with Crippen LogP contribution in [-0.2, 0) is 16.6 Å². The first kappa shape index (κ1) is 16.7. The lowest BCUT2D eigenvalue weighted by molar-refractivity contribution is -0.384. The van der Waals surface area contributed by atoms with Crippen LogP contribution in [0.5, 0.6) is 0 Å². The van der Waals surface area contributed by atoms with Crippen molar-refractivity contribution in [3.8, 4) is 0 Å². The molecule has 0 saturated heterocycles. The fourth-order valence-corrected chi connectivity index (χ4v) is 1.91. The molecule has 0 bridgehead atoms. The molecule has 1 heterocycles. The van der Waals surface area contributed by atoms with Crippen LogP contribution in [0.4, 0.5) is 5.69 Å². The minimum atomic E-state index is -0.563. The number of nitro groups is 1.